The quantitative estimate of drug-likeness (QED) is 0.628. The molecule has 4 nitrogen and oxygen atoms in total. The summed E-state index contributed by atoms with van der Waals surface area (Å²) in [5, 5.41) is 12.2. The fourth-order valence-electron chi connectivity index (χ4n) is 2.89. The predicted molar refractivity (Wildman–Crippen MR) is 105 cm³/mol. The first-order chi connectivity index (χ1) is 12.5. The van der Waals surface area contributed by atoms with Crippen LogP contribution in [0.3, 0.4) is 0 Å². The van der Waals surface area contributed by atoms with Gasteiger partial charge in [-0.15, -0.1) is 0 Å². The van der Waals surface area contributed by atoms with Gasteiger partial charge < -0.3 is 10.4 Å². The molecular weight excluding hydrogens is 326 g/mol. The molecule has 0 aliphatic carbocycles. The molecule has 0 heterocycles. The molecule has 0 unspecified atom stereocenters. The third-order valence-electron chi connectivity index (χ3n) is 4.44. The molecular formula is C22H27NO3. The standard InChI is InChI=1S/C22H27NO3/c1-16(2)21(24)23-20-15-9-7-13-18(20)12-5-3-4-10-17-11-6-8-14-19(17)22(25)26/h6-9,11,13-16H,3-5,10,12H2,1-2H3,(H,23,24)(H,25,26). The predicted octanol–water partition coefficient (Wildman–Crippen LogP) is 4.93. The number of aryl methyl sites for hydroxylation is 2. The molecule has 0 saturated heterocycles. The van der Waals surface area contributed by atoms with Crippen molar-refractivity contribution in [1.29, 1.82) is 0 Å². The van der Waals surface area contributed by atoms with Gasteiger partial charge in [0.25, 0.3) is 0 Å². The van der Waals surface area contributed by atoms with Gasteiger partial charge in [0.05, 0.1) is 5.56 Å². The average Bonchev–Trinajstić information content (AvgIpc) is 2.62. The zero-order valence-corrected chi connectivity index (χ0v) is 15.5. The topological polar surface area (TPSA) is 66.4 Å². The van der Waals surface area contributed by atoms with Crippen molar-refractivity contribution < 1.29 is 14.7 Å². The van der Waals surface area contributed by atoms with Gasteiger partial charge >= 0.3 is 5.97 Å². The number of unbranched alkanes of at least 4 members (excludes halogenated alkanes) is 2. The van der Waals surface area contributed by atoms with Crippen LogP contribution in [0, 0.1) is 5.92 Å². The molecule has 2 aromatic rings. The van der Waals surface area contributed by atoms with Crippen LogP contribution >= 0.6 is 0 Å². The van der Waals surface area contributed by atoms with Gasteiger partial charge in [0.2, 0.25) is 5.91 Å². The van der Waals surface area contributed by atoms with E-state index in [0.29, 0.717) is 5.56 Å². The second-order valence-electron chi connectivity index (χ2n) is 6.82. The monoisotopic (exact) mass is 353 g/mol. The van der Waals surface area contributed by atoms with E-state index in [-0.39, 0.29) is 11.8 Å². The number of hydrogen-bond acceptors (Lipinski definition) is 2. The Labute approximate surface area is 155 Å². The number of amides is 1. The van der Waals surface area contributed by atoms with Crippen LogP contribution in [-0.4, -0.2) is 17.0 Å². The zero-order valence-electron chi connectivity index (χ0n) is 15.5. The Hall–Kier alpha value is -2.62. The van der Waals surface area contributed by atoms with E-state index >= 15 is 0 Å². The highest BCUT2D eigenvalue weighted by atomic mass is 16.4. The van der Waals surface area contributed by atoms with Crippen LogP contribution in [0.5, 0.6) is 0 Å². The number of carbonyl (C=O) groups is 2. The van der Waals surface area contributed by atoms with Crippen LogP contribution in [0.15, 0.2) is 48.5 Å². The van der Waals surface area contributed by atoms with Crippen LogP contribution in [0.1, 0.15) is 54.6 Å². The summed E-state index contributed by atoms with van der Waals surface area (Å²) in [5.74, 6) is -0.879. The third-order valence-corrected chi connectivity index (χ3v) is 4.44. The third kappa shape index (κ3) is 5.73. The van der Waals surface area contributed by atoms with Gasteiger partial charge in [-0.25, -0.2) is 4.79 Å². The lowest BCUT2D eigenvalue weighted by atomic mass is 9.99. The second kappa shape index (κ2) is 9.76. The summed E-state index contributed by atoms with van der Waals surface area (Å²) in [7, 11) is 0. The summed E-state index contributed by atoms with van der Waals surface area (Å²) >= 11 is 0. The van der Waals surface area contributed by atoms with Crippen LogP contribution < -0.4 is 5.32 Å². The van der Waals surface area contributed by atoms with Gasteiger partial charge in [-0.05, 0) is 48.9 Å². The summed E-state index contributed by atoms with van der Waals surface area (Å²) in [6.45, 7) is 3.76. The average molecular weight is 353 g/mol. The molecule has 4 heteroatoms. The van der Waals surface area contributed by atoms with Crippen molar-refractivity contribution in [2.24, 2.45) is 5.92 Å². The lowest BCUT2D eigenvalue weighted by Crippen LogP contribution is -2.18. The van der Waals surface area contributed by atoms with Crippen LogP contribution in [-0.2, 0) is 17.6 Å². The SMILES string of the molecule is CC(C)C(=O)Nc1ccccc1CCCCCc1ccccc1C(=O)O. The second-order valence-corrected chi connectivity index (χ2v) is 6.82. The highest BCUT2D eigenvalue weighted by Gasteiger charge is 2.10. The first kappa shape index (κ1) is 19.7. The van der Waals surface area contributed by atoms with Crippen molar-refractivity contribution in [3.63, 3.8) is 0 Å². The van der Waals surface area contributed by atoms with Gasteiger partial charge in [0.15, 0.2) is 0 Å². The molecule has 0 aromatic heterocycles. The van der Waals surface area contributed by atoms with Crippen LogP contribution in [0.25, 0.3) is 0 Å². The van der Waals surface area contributed by atoms with E-state index in [1.165, 1.54) is 0 Å². The first-order valence-corrected chi connectivity index (χ1v) is 9.19. The van der Waals surface area contributed by atoms with Gasteiger partial charge in [-0.2, -0.15) is 0 Å². The van der Waals surface area contributed by atoms with Crippen molar-refractivity contribution >= 4 is 17.6 Å². The highest BCUT2D eigenvalue weighted by Crippen LogP contribution is 2.20. The fourth-order valence-corrected chi connectivity index (χ4v) is 2.89. The van der Waals surface area contributed by atoms with Crippen molar-refractivity contribution in [2.75, 3.05) is 5.32 Å². The number of para-hydroxylation sites is 1. The minimum atomic E-state index is -0.865. The van der Waals surface area contributed by atoms with Crippen molar-refractivity contribution in [3.8, 4) is 0 Å². The number of anilines is 1. The summed E-state index contributed by atoms with van der Waals surface area (Å²) in [4.78, 5) is 23.2. The summed E-state index contributed by atoms with van der Waals surface area (Å²) in [5.41, 5.74) is 3.33. The molecule has 26 heavy (non-hydrogen) atoms. The number of aromatic carboxylic acids is 1. The highest BCUT2D eigenvalue weighted by molar-refractivity contribution is 5.92. The van der Waals surface area contributed by atoms with Crippen LogP contribution in [0.2, 0.25) is 0 Å². The molecule has 2 aromatic carbocycles. The number of carbonyl (C=O) groups excluding carboxylic acids is 1. The van der Waals surface area contributed by atoms with E-state index in [2.05, 4.69) is 11.4 Å². The molecule has 2 N–H and O–H groups in total. The first-order valence-electron chi connectivity index (χ1n) is 9.19. The van der Waals surface area contributed by atoms with E-state index in [4.69, 9.17) is 0 Å². The molecule has 0 atom stereocenters. The molecule has 0 spiro atoms. The Morgan fingerprint density at radius 2 is 1.46 bits per heavy atom. The maximum atomic E-state index is 11.9. The number of carboxylic acids is 1. The Kier molecular flexibility index (Phi) is 7.39. The molecule has 0 aliphatic heterocycles. The number of carboxylic acid groups (broad SMARTS) is 1. The number of benzene rings is 2. The Bertz CT molecular complexity index is 753. The molecule has 0 radical (unpaired) electrons. The van der Waals surface area contributed by atoms with Crippen molar-refractivity contribution in [1.82, 2.24) is 0 Å². The number of nitrogens with one attached hydrogen (secondary N) is 1. The smallest absolute Gasteiger partial charge is 0.335 e. The normalized spacial score (nSPS) is 10.7. The van der Waals surface area contributed by atoms with E-state index in [9.17, 15) is 14.7 Å². The number of rotatable bonds is 9. The fraction of sp³-hybridized carbons (Fsp3) is 0.364. The molecule has 0 fully saturated rings. The molecule has 0 saturated carbocycles. The molecule has 2 rings (SSSR count). The lowest BCUT2D eigenvalue weighted by Gasteiger charge is -2.12. The largest absolute Gasteiger partial charge is 0.478 e. The van der Waals surface area contributed by atoms with E-state index in [1.54, 1.807) is 12.1 Å². The van der Waals surface area contributed by atoms with E-state index < -0.39 is 5.97 Å². The van der Waals surface area contributed by atoms with Gasteiger partial charge in [-0.1, -0.05) is 56.7 Å². The Morgan fingerprint density at radius 3 is 2.12 bits per heavy atom. The van der Waals surface area contributed by atoms with Gasteiger partial charge in [0.1, 0.15) is 0 Å². The van der Waals surface area contributed by atoms with Gasteiger partial charge in [0, 0.05) is 11.6 Å². The number of hydrogen-bond donors (Lipinski definition) is 2. The Morgan fingerprint density at radius 1 is 0.885 bits per heavy atom. The Balaban J connectivity index is 1.84. The van der Waals surface area contributed by atoms with Gasteiger partial charge in [-0.3, -0.25) is 4.79 Å². The molecule has 0 bridgehead atoms. The summed E-state index contributed by atoms with van der Waals surface area (Å²) < 4.78 is 0. The van der Waals surface area contributed by atoms with Crippen molar-refractivity contribution in [2.45, 2.75) is 46.0 Å². The lowest BCUT2D eigenvalue weighted by molar-refractivity contribution is -0.118. The van der Waals surface area contributed by atoms with Crippen molar-refractivity contribution in [3.05, 3.63) is 65.2 Å². The maximum absolute atomic E-state index is 11.9. The molecule has 1 amide bonds. The zero-order chi connectivity index (χ0) is 18.9. The minimum absolute atomic E-state index is 0.0303. The summed E-state index contributed by atoms with van der Waals surface area (Å²) in [6, 6.07) is 15.1. The minimum Gasteiger partial charge on any atom is -0.478 e. The van der Waals surface area contributed by atoms with Crippen LogP contribution in [0.4, 0.5) is 5.69 Å². The maximum Gasteiger partial charge on any atom is 0.335 e. The van der Waals surface area contributed by atoms with E-state index in [1.807, 2.05) is 44.2 Å². The van der Waals surface area contributed by atoms with E-state index in [0.717, 1.165) is 48.9 Å². The summed E-state index contributed by atoms with van der Waals surface area (Å²) in [6.07, 6.45) is 4.64. The molecule has 138 valence electrons. The molecule has 0 aliphatic rings.